The first-order valence-electron chi connectivity index (χ1n) is 8.82. The number of hydrogen-bond acceptors (Lipinski definition) is 5. The Balaban J connectivity index is 1.67. The molecule has 7 heteroatoms. The summed E-state index contributed by atoms with van der Waals surface area (Å²) >= 11 is 3.14. The van der Waals surface area contributed by atoms with Crippen LogP contribution in [0.3, 0.4) is 0 Å². The molecule has 25 heavy (non-hydrogen) atoms. The van der Waals surface area contributed by atoms with Crippen LogP contribution in [0.25, 0.3) is 10.2 Å². The molecule has 2 N–H and O–H groups in total. The topological polar surface area (TPSA) is 74.8 Å². The molecule has 1 atom stereocenters. The van der Waals surface area contributed by atoms with Crippen molar-refractivity contribution in [2.75, 3.05) is 12.3 Å². The molecule has 3 rings (SSSR count). The standard InChI is InChI=1S/C18H25N3O2S2/c1-10(2)7-19-15(22)9-24-8-14-20-17(23)16-12-5-4-11(3)6-13(12)25-18(16)21-14/h10-11H,4-9H2,1-3H3,(H,19,22)(H,20,21,23)/t11-/m1/s1. The molecule has 0 fully saturated rings. The molecule has 2 aromatic heterocycles. The molecule has 5 nitrogen and oxygen atoms in total. The van der Waals surface area contributed by atoms with E-state index in [2.05, 4.69) is 36.1 Å². The van der Waals surface area contributed by atoms with E-state index in [4.69, 9.17) is 0 Å². The third kappa shape index (κ3) is 4.44. The van der Waals surface area contributed by atoms with Crippen LogP contribution in [-0.4, -0.2) is 28.2 Å². The van der Waals surface area contributed by atoms with Crippen LogP contribution in [0.2, 0.25) is 0 Å². The summed E-state index contributed by atoms with van der Waals surface area (Å²) < 4.78 is 0. The smallest absolute Gasteiger partial charge is 0.259 e. The van der Waals surface area contributed by atoms with Gasteiger partial charge < -0.3 is 10.3 Å². The van der Waals surface area contributed by atoms with Crippen LogP contribution in [0.15, 0.2) is 4.79 Å². The number of carbonyl (C=O) groups excluding carboxylic acids is 1. The van der Waals surface area contributed by atoms with Crippen molar-refractivity contribution in [3.05, 3.63) is 26.6 Å². The molecule has 1 amide bonds. The summed E-state index contributed by atoms with van der Waals surface area (Å²) in [5.41, 5.74) is 1.18. The van der Waals surface area contributed by atoms with E-state index in [0.717, 1.165) is 29.5 Å². The normalized spacial score (nSPS) is 17.0. The maximum atomic E-state index is 12.5. The van der Waals surface area contributed by atoms with E-state index < -0.39 is 0 Å². The number of carbonyl (C=O) groups is 1. The van der Waals surface area contributed by atoms with Crippen LogP contribution < -0.4 is 10.9 Å². The Morgan fingerprint density at radius 3 is 3.04 bits per heavy atom. The van der Waals surface area contributed by atoms with Gasteiger partial charge in [0.2, 0.25) is 5.91 Å². The first-order valence-corrected chi connectivity index (χ1v) is 10.8. The predicted octanol–water partition coefficient (Wildman–Crippen LogP) is 3.11. The number of fused-ring (bicyclic) bond motifs is 3. The highest BCUT2D eigenvalue weighted by molar-refractivity contribution is 7.99. The Kier molecular flexibility index (Phi) is 5.84. The SMILES string of the molecule is CC(C)CNC(=O)CSCc1nc2sc3c(c2c(=O)[nH]1)CC[C@@H](C)C3. The number of nitrogens with one attached hydrogen (secondary N) is 2. The number of thioether (sulfide) groups is 1. The first kappa shape index (κ1) is 18.5. The number of aromatic amines is 1. The molecule has 1 aliphatic carbocycles. The molecule has 136 valence electrons. The maximum Gasteiger partial charge on any atom is 0.259 e. The van der Waals surface area contributed by atoms with Gasteiger partial charge in [-0.15, -0.1) is 23.1 Å². The first-order chi connectivity index (χ1) is 11.9. The Morgan fingerprint density at radius 2 is 2.28 bits per heavy atom. The Bertz CT molecular complexity index is 826. The highest BCUT2D eigenvalue weighted by Gasteiger charge is 2.23. The van der Waals surface area contributed by atoms with Gasteiger partial charge in [0, 0.05) is 11.4 Å². The molecule has 0 saturated carbocycles. The molecule has 0 radical (unpaired) electrons. The quantitative estimate of drug-likeness (QED) is 0.809. The number of amides is 1. The predicted molar refractivity (Wildman–Crippen MR) is 105 cm³/mol. The van der Waals surface area contributed by atoms with E-state index in [1.807, 2.05) is 0 Å². The van der Waals surface area contributed by atoms with Crippen LogP contribution in [0.5, 0.6) is 0 Å². The molecule has 0 bridgehead atoms. The zero-order chi connectivity index (χ0) is 18.0. The lowest BCUT2D eigenvalue weighted by molar-refractivity contribution is -0.118. The fourth-order valence-electron chi connectivity index (χ4n) is 3.07. The minimum Gasteiger partial charge on any atom is -0.355 e. The summed E-state index contributed by atoms with van der Waals surface area (Å²) in [5, 5.41) is 3.68. The van der Waals surface area contributed by atoms with E-state index >= 15 is 0 Å². The molecular weight excluding hydrogens is 354 g/mol. The largest absolute Gasteiger partial charge is 0.355 e. The zero-order valence-corrected chi connectivity index (χ0v) is 16.6. The van der Waals surface area contributed by atoms with Crippen molar-refractivity contribution in [3.8, 4) is 0 Å². The second kappa shape index (κ2) is 7.91. The summed E-state index contributed by atoms with van der Waals surface area (Å²) in [7, 11) is 0. The second-order valence-corrected chi connectivity index (χ2v) is 9.30. The van der Waals surface area contributed by atoms with Gasteiger partial charge in [-0.05, 0) is 36.7 Å². The van der Waals surface area contributed by atoms with E-state index in [0.29, 0.717) is 35.7 Å². The van der Waals surface area contributed by atoms with Crippen LogP contribution in [0.4, 0.5) is 0 Å². The average Bonchev–Trinajstić information content (AvgIpc) is 2.90. The number of hydrogen-bond donors (Lipinski definition) is 2. The van der Waals surface area contributed by atoms with Crippen molar-refractivity contribution < 1.29 is 4.79 Å². The summed E-state index contributed by atoms with van der Waals surface area (Å²) in [6.07, 6.45) is 3.17. The molecule has 0 saturated heterocycles. The number of rotatable bonds is 6. The molecule has 1 aliphatic rings. The molecule has 0 unspecified atom stereocenters. The van der Waals surface area contributed by atoms with Gasteiger partial charge in [-0.1, -0.05) is 20.8 Å². The van der Waals surface area contributed by atoms with Crippen LogP contribution in [0, 0.1) is 11.8 Å². The van der Waals surface area contributed by atoms with E-state index in [9.17, 15) is 9.59 Å². The van der Waals surface area contributed by atoms with Crippen molar-refractivity contribution in [3.63, 3.8) is 0 Å². The Morgan fingerprint density at radius 1 is 1.48 bits per heavy atom. The summed E-state index contributed by atoms with van der Waals surface area (Å²) in [4.78, 5) is 34.0. The van der Waals surface area contributed by atoms with Crippen LogP contribution in [-0.2, 0) is 23.4 Å². The van der Waals surface area contributed by atoms with Crippen molar-refractivity contribution in [1.29, 1.82) is 0 Å². The minimum absolute atomic E-state index is 0.0303. The number of H-pyrrole nitrogens is 1. The maximum absolute atomic E-state index is 12.5. The van der Waals surface area contributed by atoms with Crippen molar-refractivity contribution in [2.45, 2.75) is 45.8 Å². The van der Waals surface area contributed by atoms with E-state index in [1.54, 1.807) is 11.3 Å². The lowest BCUT2D eigenvalue weighted by Crippen LogP contribution is -2.28. The molecular formula is C18H25N3O2S2. The summed E-state index contributed by atoms with van der Waals surface area (Å²) in [5.74, 6) is 2.74. The van der Waals surface area contributed by atoms with Crippen molar-refractivity contribution in [1.82, 2.24) is 15.3 Å². The summed E-state index contributed by atoms with van der Waals surface area (Å²) in [6.45, 7) is 7.09. The van der Waals surface area contributed by atoms with Crippen LogP contribution in [0.1, 0.15) is 43.5 Å². The van der Waals surface area contributed by atoms with Crippen LogP contribution >= 0.6 is 23.1 Å². The monoisotopic (exact) mass is 379 g/mol. The van der Waals surface area contributed by atoms with E-state index in [-0.39, 0.29) is 11.5 Å². The molecule has 0 spiro atoms. The fraction of sp³-hybridized carbons (Fsp3) is 0.611. The number of aromatic nitrogens is 2. The van der Waals surface area contributed by atoms with Gasteiger partial charge in [-0.2, -0.15) is 0 Å². The summed E-state index contributed by atoms with van der Waals surface area (Å²) in [6, 6.07) is 0. The minimum atomic E-state index is -0.0306. The third-order valence-electron chi connectivity index (χ3n) is 4.39. The van der Waals surface area contributed by atoms with Gasteiger partial charge >= 0.3 is 0 Å². The van der Waals surface area contributed by atoms with Crippen molar-refractivity contribution in [2.24, 2.45) is 11.8 Å². The van der Waals surface area contributed by atoms with E-state index in [1.165, 1.54) is 22.2 Å². The van der Waals surface area contributed by atoms with Gasteiger partial charge in [0.05, 0.1) is 16.9 Å². The average molecular weight is 380 g/mol. The second-order valence-electron chi connectivity index (χ2n) is 7.24. The Hall–Kier alpha value is -1.34. The molecule has 2 aromatic rings. The van der Waals surface area contributed by atoms with Gasteiger partial charge in [-0.3, -0.25) is 9.59 Å². The number of nitrogens with zero attached hydrogens (tertiary/aromatic N) is 1. The highest BCUT2D eigenvalue weighted by Crippen LogP contribution is 2.35. The molecule has 0 aliphatic heterocycles. The molecule has 2 heterocycles. The number of aryl methyl sites for hydroxylation is 1. The fourth-order valence-corrected chi connectivity index (χ4v) is 5.19. The van der Waals surface area contributed by atoms with Gasteiger partial charge in [0.25, 0.3) is 5.56 Å². The van der Waals surface area contributed by atoms with Gasteiger partial charge in [0.1, 0.15) is 10.7 Å². The van der Waals surface area contributed by atoms with Crippen molar-refractivity contribution >= 4 is 39.2 Å². The third-order valence-corrected chi connectivity index (χ3v) is 6.49. The van der Waals surface area contributed by atoms with Gasteiger partial charge in [0.15, 0.2) is 0 Å². The zero-order valence-electron chi connectivity index (χ0n) is 15.0. The lowest BCUT2D eigenvalue weighted by Gasteiger charge is -2.17. The Labute approximate surface area is 156 Å². The van der Waals surface area contributed by atoms with Gasteiger partial charge in [-0.25, -0.2) is 4.98 Å². The number of thiophene rings is 1. The highest BCUT2D eigenvalue weighted by atomic mass is 32.2. The lowest BCUT2D eigenvalue weighted by atomic mass is 9.89. The molecule has 0 aromatic carbocycles.